The molecule has 0 unspecified atom stereocenters. The van der Waals surface area contributed by atoms with Crippen molar-refractivity contribution in [1.82, 2.24) is 4.90 Å². The highest BCUT2D eigenvalue weighted by Gasteiger charge is 2.37. The average molecular weight is 322 g/mol. The third-order valence-corrected chi connectivity index (χ3v) is 6.10. The largest absolute Gasteiger partial charge is 0.398 e. The van der Waals surface area contributed by atoms with E-state index in [9.17, 15) is 0 Å². The Balaban J connectivity index is 1.71. The number of nitrogens with two attached hydrogens (primary N) is 1. The lowest BCUT2D eigenvalue weighted by molar-refractivity contribution is 0.0945. The van der Waals surface area contributed by atoms with Crippen LogP contribution >= 0.6 is 11.6 Å². The molecule has 0 saturated carbocycles. The van der Waals surface area contributed by atoms with Crippen LogP contribution in [0.4, 0.5) is 11.4 Å². The summed E-state index contributed by atoms with van der Waals surface area (Å²) in [5, 5.41) is 0.800. The molecule has 3 nitrogen and oxygen atoms in total. The van der Waals surface area contributed by atoms with E-state index in [0.29, 0.717) is 5.41 Å². The zero-order valence-electron chi connectivity index (χ0n) is 13.9. The molecule has 2 aliphatic heterocycles. The first-order valence-electron chi connectivity index (χ1n) is 8.54. The number of anilines is 2. The van der Waals surface area contributed by atoms with E-state index in [-0.39, 0.29) is 0 Å². The summed E-state index contributed by atoms with van der Waals surface area (Å²) < 4.78 is 0. The molecule has 0 radical (unpaired) electrons. The molecule has 2 saturated heterocycles. The van der Waals surface area contributed by atoms with Crippen molar-refractivity contribution in [1.29, 1.82) is 0 Å². The number of likely N-dealkylation sites (tertiary alicyclic amines) is 1. The van der Waals surface area contributed by atoms with Crippen molar-refractivity contribution in [2.45, 2.75) is 39.0 Å². The molecule has 1 aromatic carbocycles. The number of piperidine rings is 2. The number of hydrogen-bond acceptors (Lipinski definition) is 3. The van der Waals surface area contributed by atoms with Gasteiger partial charge in [-0.1, -0.05) is 18.5 Å². The monoisotopic (exact) mass is 321 g/mol. The van der Waals surface area contributed by atoms with Crippen LogP contribution in [0.1, 0.15) is 38.2 Å². The molecule has 0 atom stereocenters. The standard InChI is InChI=1S/C18H28ClN3/c1-3-14-12-17(15(19)13-16(14)20)22-10-6-18(7-11-22)4-8-21(2)9-5-18/h12-13H,3-11,20H2,1-2H3. The lowest BCUT2D eigenvalue weighted by Gasteiger charge is -2.47. The Morgan fingerprint density at radius 2 is 1.68 bits per heavy atom. The van der Waals surface area contributed by atoms with Crippen LogP contribution in [0.2, 0.25) is 5.02 Å². The van der Waals surface area contributed by atoms with Gasteiger partial charge in [-0.05, 0) is 75.4 Å². The topological polar surface area (TPSA) is 32.5 Å². The Labute approximate surface area is 139 Å². The Morgan fingerprint density at radius 1 is 1.09 bits per heavy atom. The number of nitrogen functional groups attached to an aromatic ring is 1. The van der Waals surface area contributed by atoms with E-state index in [2.05, 4.69) is 29.8 Å². The third-order valence-electron chi connectivity index (χ3n) is 5.80. The molecule has 2 N–H and O–H groups in total. The normalized spacial score (nSPS) is 22.2. The number of benzene rings is 1. The summed E-state index contributed by atoms with van der Waals surface area (Å²) in [5.41, 5.74) is 9.83. The van der Waals surface area contributed by atoms with E-state index in [1.807, 2.05) is 6.07 Å². The van der Waals surface area contributed by atoms with Crippen LogP contribution < -0.4 is 10.6 Å². The van der Waals surface area contributed by atoms with E-state index in [0.717, 1.165) is 30.2 Å². The van der Waals surface area contributed by atoms with E-state index in [1.165, 1.54) is 50.0 Å². The van der Waals surface area contributed by atoms with Crippen molar-refractivity contribution in [3.8, 4) is 0 Å². The van der Waals surface area contributed by atoms with Crippen molar-refractivity contribution in [2.24, 2.45) is 5.41 Å². The lowest BCUT2D eigenvalue weighted by atomic mass is 9.71. The van der Waals surface area contributed by atoms with Gasteiger partial charge in [-0.25, -0.2) is 0 Å². The number of halogens is 1. The van der Waals surface area contributed by atoms with Crippen LogP contribution in [0.15, 0.2) is 12.1 Å². The van der Waals surface area contributed by atoms with Gasteiger partial charge in [0.1, 0.15) is 0 Å². The molecular formula is C18H28ClN3. The molecule has 0 amide bonds. The summed E-state index contributed by atoms with van der Waals surface area (Å²) in [7, 11) is 2.24. The van der Waals surface area contributed by atoms with Gasteiger partial charge in [-0.3, -0.25) is 0 Å². The fourth-order valence-electron chi connectivity index (χ4n) is 3.98. The van der Waals surface area contributed by atoms with Gasteiger partial charge < -0.3 is 15.5 Å². The molecule has 0 aromatic heterocycles. The van der Waals surface area contributed by atoms with Gasteiger partial charge in [-0.15, -0.1) is 0 Å². The summed E-state index contributed by atoms with van der Waals surface area (Å²) in [6.07, 6.45) is 6.26. The van der Waals surface area contributed by atoms with Crippen molar-refractivity contribution >= 4 is 23.0 Å². The first-order chi connectivity index (χ1) is 10.5. The predicted octanol–water partition coefficient (Wildman–Crippen LogP) is 3.80. The highest BCUT2D eigenvalue weighted by atomic mass is 35.5. The van der Waals surface area contributed by atoms with Crippen molar-refractivity contribution in [3.05, 3.63) is 22.7 Å². The number of rotatable bonds is 2. The van der Waals surface area contributed by atoms with Crippen LogP contribution in [0.25, 0.3) is 0 Å². The Morgan fingerprint density at radius 3 is 2.27 bits per heavy atom. The van der Waals surface area contributed by atoms with Gasteiger partial charge in [0.25, 0.3) is 0 Å². The molecule has 2 heterocycles. The Bertz CT molecular complexity index is 525. The van der Waals surface area contributed by atoms with E-state index in [4.69, 9.17) is 17.3 Å². The zero-order valence-corrected chi connectivity index (χ0v) is 14.6. The second-order valence-corrected chi connectivity index (χ2v) is 7.55. The fourth-order valence-corrected chi connectivity index (χ4v) is 4.28. The minimum Gasteiger partial charge on any atom is -0.398 e. The first-order valence-corrected chi connectivity index (χ1v) is 8.92. The molecule has 122 valence electrons. The SMILES string of the molecule is CCc1cc(N2CCC3(CCN(C)CC3)CC2)c(Cl)cc1N. The van der Waals surface area contributed by atoms with E-state index >= 15 is 0 Å². The molecule has 2 aliphatic rings. The molecule has 22 heavy (non-hydrogen) atoms. The second kappa shape index (κ2) is 6.29. The van der Waals surface area contributed by atoms with Crippen LogP contribution in [0.3, 0.4) is 0 Å². The van der Waals surface area contributed by atoms with Crippen LogP contribution in [-0.4, -0.2) is 38.1 Å². The molecule has 0 aliphatic carbocycles. The maximum absolute atomic E-state index is 6.46. The number of nitrogens with zero attached hydrogens (tertiary/aromatic N) is 2. The van der Waals surface area contributed by atoms with Crippen molar-refractivity contribution in [2.75, 3.05) is 43.9 Å². The quantitative estimate of drug-likeness (QED) is 0.841. The second-order valence-electron chi connectivity index (χ2n) is 7.15. The number of aryl methyl sites for hydroxylation is 1. The van der Waals surface area contributed by atoms with Gasteiger partial charge in [-0.2, -0.15) is 0 Å². The highest BCUT2D eigenvalue weighted by Crippen LogP contribution is 2.43. The molecule has 4 heteroatoms. The molecule has 1 aromatic rings. The van der Waals surface area contributed by atoms with Crippen molar-refractivity contribution < 1.29 is 0 Å². The Hall–Kier alpha value is -0.930. The van der Waals surface area contributed by atoms with Gasteiger partial charge in [0.2, 0.25) is 0 Å². The van der Waals surface area contributed by atoms with Crippen LogP contribution in [0, 0.1) is 5.41 Å². The minimum atomic E-state index is 0.580. The van der Waals surface area contributed by atoms with Gasteiger partial charge in [0.05, 0.1) is 10.7 Å². The highest BCUT2D eigenvalue weighted by molar-refractivity contribution is 6.33. The first kappa shape index (κ1) is 15.9. The Kier molecular flexibility index (Phi) is 4.56. The summed E-state index contributed by atoms with van der Waals surface area (Å²) >= 11 is 6.46. The van der Waals surface area contributed by atoms with Crippen LogP contribution in [0.5, 0.6) is 0 Å². The molecular weight excluding hydrogens is 294 g/mol. The molecule has 0 bridgehead atoms. The minimum absolute atomic E-state index is 0.580. The molecule has 2 fully saturated rings. The van der Waals surface area contributed by atoms with E-state index in [1.54, 1.807) is 0 Å². The zero-order chi connectivity index (χ0) is 15.7. The van der Waals surface area contributed by atoms with Gasteiger partial charge in [0, 0.05) is 18.8 Å². The van der Waals surface area contributed by atoms with E-state index < -0.39 is 0 Å². The smallest absolute Gasteiger partial charge is 0.0660 e. The number of hydrogen-bond donors (Lipinski definition) is 1. The summed E-state index contributed by atoms with van der Waals surface area (Å²) in [6.45, 7) is 6.89. The summed E-state index contributed by atoms with van der Waals surface area (Å²) in [5.74, 6) is 0. The third kappa shape index (κ3) is 3.07. The van der Waals surface area contributed by atoms with Gasteiger partial charge in [0.15, 0.2) is 0 Å². The lowest BCUT2D eigenvalue weighted by Crippen LogP contribution is -2.46. The van der Waals surface area contributed by atoms with Crippen molar-refractivity contribution in [3.63, 3.8) is 0 Å². The summed E-state index contributed by atoms with van der Waals surface area (Å²) in [6, 6.07) is 4.12. The molecule has 3 rings (SSSR count). The maximum Gasteiger partial charge on any atom is 0.0660 e. The summed E-state index contributed by atoms with van der Waals surface area (Å²) in [4.78, 5) is 4.92. The predicted molar refractivity (Wildman–Crippen MR) is 95.9 cm³/mol. The molecule has 1 spiro atoms. The van der Waals surface area contributed by atoms with Crippen LogP contribution in [-0.2, 0) is 6.42 Å². The maximum atomic E-state index is 6.46. The van der Waals surface area contributed by atoms with Gasteiger partial charge >= 0.3 is 0 Å². The fraction of sp³-hybridized carbons (Fsp3) is 0.667. The average Bonchev–Trinajstić information content (AvgIpc) is 2.52.